The lowest BCUT2D eigenvalue weighted by atomic mass is 10.0. The number of nitrogens with one attached hydrogen (secondary N) is 1. The number of rotatable bonds is 3. The molecule has 1 aromatic rings. The van der Waals surface area contributed by atoms with E-state index >= 15 is 0 Å². The second-order valence-electron chi connectivity index (χ2n) is 4.79. The Morgan fingerprint density at radius 3 is 2.89 bits per heavy atom. The zero-order valence-corrected chi connectivity index (χ0v) is 10.4. The number of benzene rings is 1. The first-order valence-electron chi connectivity index (χ1n) is 6.06. The molecule has 1 heterocycles. The largest absolute Gasteiger partial charge is 0.394 e. The van der Waals surface area contributed by atoms with Gasteiger partial charge in [-0.25, -0.2) is 4.39 Å². The van der Waals surface area contributed by atoms with Gasteiger partial charge in [-0.2, -0.15) is 0 Å². The summed E-state index contributed by atoms with van der Waals surface area (Å²) in [6.07, 6.45) is 0.944. The van der Waals surface area contributed by atoms with E-state index < -0.39 is 5.82 Å². The molecular formula is C13H18FN3O. The van der Waals surface area contributed by atoms with E-state index in [1.807, 2.05) is 4.90 Å². The lowest BCUT2D eigenvalue weighted by Crippen LogP contribution is -2.35. The second kappa shape index (κ2) is 4.94. The van der Waals surface area contributed by atoms with E-state index in [0.717, 1.165) is 13.0 Å². The highest BCUT2D eigenvalue weighted by atomic mass is 19.1. The van der Waals surface area contributed by atoms with Gasteiger partial charge in [0, 0.05) is 12.1 Å². The first kappa shape index (κ1) is 12.8. The Balaban J connectivity index is 2.31. The van der Waals surface area contributed by atoms with Gasteiger partial charge in [0.25, 0.3) is 0 Å². The molecule has 2 unspecified atom stereocenters. The van der Waals surface area contributed by atoms with Gasteiger partial charge in [-0.05, 0) is 30.5 Å². The minimum Gasteiger partial charge on any atom is -0.394 e. The predicted octanol–water partition coefficient (Wildman–Crippen LogP) is 1.32. The van der Waals surface area contributed by atoms with Gasteiger partial charge in [-0.15, -0.1) is 0 Å². The quantitative estimate of drug-likeness (QED) is 0.560. The summed E-state index contributed by atoms with van der Waals surface area (Å²) < 4.78 is 14.0. The molecule has 18 heavy (non-hydrogen) atoms. The molecule has 0 aliphatic carbocycles. The van der Waals surface area contributed by atoms with Gasteiger partial charge in [0.05, 0.1) is 18.3 Å². The molecule has 0 amide bonds. The highest BCUT2D eigenvalue weighted by Gasteiger charge is 2.32. The number of anilines is 1. The molecule has 1 saturated heterocycles. The summed E-state index contributed by atoms with van der Waals surface area (Å²) in [5.74, 6) is -0.189. The van der Waals surface area contributed by atoms with E-state index in [0.29, 0.717) is 17.2 Å². The van der Waals surface area contributed by atoms with Crippen LogP contribution >= 0.6 is 0 Å². The summed E-state index contributed by atoms with van der Waals surface area (Å²) in [6.45, 7) is 2.82. The molecule has 2 atom stereocenters. The first-order chi connectivity index (χ1) is 8.54. The summed E-state index contributed by atoms with van der Waals surface area (Å²) in [7, 11) is 0. The Hall–Kier alpha value is -1.62. The van der Waals surface area contributed by atoms with Gasteiger partial charge in [-0.3, -0.25) is 5.41 Å². The maximum Gasteiger partial charge on any atom is 0.147 e. The Kier molecular flexibility index (Phi) is 3.52. The zero-order valence-electron chi connectivity index (χ0n) is 10.4. The number of hydrogen-bond donors (Lipinski definition) is 3. The number of aliphatic hydroxyl groups excluding tert-OH is 1. The van der Waals surface area contributed by atoms with Gasteiger partial charge >= 0.3 is 0 Å². The number of nitrogens with two attached hydrogens (primary N) is 1. The van der Waals surface area contributed by atoms with E-state index in [-0.39, 0.29) is 18.5 Å². The molecule has 0 radical (unpaired) electrons. The number of halogens is 1. The van der Waals surface area contributed by atoms with Gasteiger partial charge in [0.15, 0.2) is 0 Å². The monoisotopic (exact) mass is 251 g/mol. The van der Waals surface area contributed by atoms with Crippen LogP contribution in [-0.4, -0.2) is 30.1 Å². The lowest BCUT2D eigenvalue weighted by molar-refractivity contribution is 0.244. The van der Waals surface area contributed by atoms with Crippen LogP contribution in [0, 0.1) is 17.1 Å². The Morgan fingerprint density at radius 2 is 2.33 bits per heavy atom. The molecule has 0 aromatic heterocycles. The molecule has 4 nitrogen and oxygen atoms in total. The van der Waals surface area contributed by atoms with Crippen LogP contribution in [0.5, 0.6) is 0 Å². The highest BCUT2D eigenvalue weighted by Crippen LogP contribution is 2.31. The zero-order chi connectivity index (χ0) is 13.3. The van der Waals surface area contributed by atoms with Gasteiger partial charge in [-0.1, -0.05) is 6.92 Å². The first-order valence-corrected chi connectivity index (χ1v) is 6.06. The van der Waals surface area contributed by atoms with Crippen LogP contribution in [0.15, 0.2) is 18.2 Å². The fourth-order valence-electron chi connectivity index (χ4n) is 2.49. The summed E-state index contributed by atoms with van der Waals surface area (Å²) in [5, 5.41) is 16.7. The average Bonchev–Trinajstić information content (AvgIpc) is 2.70. The van der Waals surface area contributed by atoms with Crippen molar-refractivity contribution in [2.24, 2.45) is 11.7 Å². The summed E-state index contributed by atoms with van der Waals surface area (Å²) in [4.78, 5) is 1.89. The molecule has 0 saturated carbocycles. The van der Waals surface area contributed by atoms with Crippen molar-refractivity contribution in [1.29, 1.82) is 5.41 Å². The molecular weight excluding hydrogens is 233 g/mol. The molecule has 1 aliphatic rings. The third kappa shape index (κ3) is 2.18. The minimum atomic E-state index is -0.393. The van der Waals surface area contributed by atoms with Crippen LogP contribution in [0.25, 0.3) is 0 Å². The minimum absolute atomic E-state index is 0.0229. The van der Waals surface area contributed by atoms with Crippen LogP contribution in [0.1, 0.15) is 18.9 Å². The molecule has 4 N–H and O–H groups in total. The van der Waals surface area contributed by atoms with Gasteiger partial charge in [0.1, 0.15) is 11.7 Å². The Morgan fingerprint density at radius 1 is 1.61 bits per heavy atom. The van der Waals surface area contributed by atoms with Crippen LogP contribution in [0.3, 0.4) is 0 Å². The topological polar surface area (TPSA) is 73.3 Å². The van der Waals surface area contributed by atoms with Crippen LogP contribution in [0.2, 0.25) is 0 Å². The average molecular weight is 251 g/mol. The fourth-order valence-corrected chi connectivity index (χ4v) is 2.49. The van der Waals surface area contributed by atoms with Crippen LogP contribution < -0.4 is 10.6 Å². The number of nitrogen functional groups attached to an aromatic ring is 1. The molecule has 2 rings (SSSR count). The Bertz CT molecular complexity index is 464. The number of amidine groups is 1. The molecule has 0 bridgehead atoms. The van der Waals surface area contributed by atoms with Crippen molar-refractivity contribution in [2.45, 2.75) is 19.4 Å². The molecule has 1 fully saturated rings. The van der Waals surface area contributed by atoms with Crippen molar-refractivity contribution in [3.05, 3.63) is 29.6 Å². The summed E-state index contributed by atoms with van der Waals surface area (Å²) >= 11 is 0. The van der Waals surface area contributed by atoms with Crippen molar-refractivity contribution >= 4 is 11.5 Å². The third-order valence-electron chi connectivity index (χ3n) is 3.64. The Labute approximate surface area is 106 Å². The van der Waals surface area contributed by atoms with Crippen molar-refractivity contribution < 1.29 is 9.50 Å². The van der Waals surface area contributed by atoms with E-state index in [1.165, 1.54) is 6.07 Å². The molecule has 1 aromatic carbocycles. The molecule has 5 heteroatoms. The van der Waals surface area contributed by atoms with Crippen molar-refractivity contribution in [3.63, 3.8) is 0 Å². The third-order valence-corrected chi connectivity index (χ3v) is 3.64. The van der Waals surface area contributed by atoms with Gasteiger partial charge in [0.2, 0.25) is 0 Å². The molecule has 0 spiro atoms. The van der Waals surface area contributed by atoms with E-state index in [2.05, 4.69) is 6.92 Å². The molecule has 98 valence electrons. The normalized spacial score (nSPS) is 23.4. The molecule has 1 aliphatic heterocycles. The smallest absolute Gasteiger partial charge is 0.147 e. The number of aliphatic hydroxyl groups is 1. The van der Waals surface area contributed by atoms with Crippen molar-refractivity contribution in [3.8, 4) is 0 Å². The standard InChI is InChI=1S/C13H18FN3O/c1-8-4-5-17(12(8)7-18)11-3-2-9(13(15)16)6-10(11)14/h2-3,6,8,12,18H,4-5,7H2,1H3,(H3,15,16). The highest BCUT2D eigenvalue weighted by molar-refractivity contribution is 5.95. The lowest BCUT2D eigenvalue weighted by Gasteiger charge is -2.27. The summed E-state index contributed by atoms with van der Waals surface area (Å²) in [5.41, 5.74) is 6.18. The van der Waals surface area contributed by atoms with E-state index in [1.54, 1.807) is 12.1 Å². The summed E-state index contributed by atoms with van der Waals surface area (Å²) in [6, 6.07) is 4.50. The number of hydrogen-bond acceptors (Lipinski definition) is 3. The fraction of sp³-hybridized carbons (Fsp3) is 0.462. The van der Waals surface area contributed by atoms with Crippen LogP contribution in [0.4, 0.5) is 10.1 Å². The number of nitrogens with zero attached hydrogens (tertiary/aromatic N) is 1. The maximum absolute atomic E-state index is 14.0. The van der Waals surface area contributed by atoms with Crippen LogP contribution in [-0.2, 0) is 0 Å². The SMILES string of the molecule is CC1CCN(c2ccc(C(=N)N)cc2F)C1CO. The van der Waals surface area contributed by atoms with Gasteiger partial charge < -0.3 is 15.7 Å². The van der Waals surface area contributed by atoms with Crippen molar-refractivity contribution in [1.82, 2.24) is 0 Å². The second-order valence-corrected chi connectivity index (χ2v) is 4.79. The maximum atomic E-state index is 14.0. The van der Waals surface area contributed by atoms with E-state index in [4.69, 9.17) is 11.1 Å². The predicted molar refractivity (Wildman–Crippen MR) is 69.4 cm³/mol. The van der Waals surface area contributed by atoms with E-state index in [9.17, 15) is 9.50 Å². The van der Waals surface area contributed by atoms with Crippen molar-refractivity contribution in [2.75, 3.05) is 18.1 Å².